The van der Waals surface area contributed by atoms with Crippen LogP contribution in [0.1, 0.15) is 40.2 Å². The standard InChI is InChI=1S/C12H17NO3.2C2H6/c1-4-16-12(14)8-13-10-5-6-11(15-3)9(2)7-10;2*1-2/h5-7,13H,4,8H2,1-3H3;2*1-2H3. The summed E-state index contributed by atoms with van der Waals surface area (Å²) in [5.41, 5.74) is 1.91. The molecule has 1 aromatic rings. The summed E-state index contributed by atoms with van der Waals surface area (Å²) in [6.45, 7) is 12.3. The van der Waals surface area contributed by atoms with Crippen molar-refractivity contribution >= 4 is 11.7 Å². The van der Waals surface area contributed by atoms with Crippen molar-refractivity contribution in [1.29, 1.82) is 0 Å². The molecule has 4 nitrogen and oxygen atoms in total. The van der Waals surface area contributed by atoms with Crippen LogP contribution in [0.15, 0.2) is 18.2 Å². The number of esters is 1. The quantitative estimate of drug-likeness (QED) is 0.829. The molecule has 0 spiro atoms. The topological polar surface area (TPSA) is 47.6 Å². The lowest BCUT2D eigenvalue weighted by atomic mass is 10.2. The maximum atomic E-state index is 11.1. The summed E-state index contributed by atoms with van der Waals surface area (Å²) in [7, 11) is 1.63. The average molecular weight is 283 g/mol. The highest BCUT2D eigenvalue weighted by molar-refractivity contribution is 5.75. The summed E-state index contributed by atoms with van der Waals surface area (Å²) in [5, 5.41) is 2.99. The molecule has 0 heterocycles. The van der Waals surface area contributed by atoms with Gasteiger partial charge in [-0.05, 0) is 37.6 Å². The van der Waals surface area contributed by atoms with Crippen molar-refractivity contribution < 1.29 is 14.3 Å². The highest BCUT2D eigenvalue weighted by atomic mass is 16.5. The van der Waals surface area contributed by atoms with E-state index in [1.165, 1.54) is 0 Å². The van der Waals surface area contributed by atoms with Gasteiger partial charge >= 0.3 is 5.97 Å². The maximum absolute atomic E-state index is 11.1. The zero-order chi connectivity index (χ0) is 16.0. The summed E-state index contributed by atoms with van der Waals surface area (Å²) >= 11 is 0. The normalized spacial score (nSPS) is 8.35. The molecule has 0 atom stereocenters. The summed E-state index contributed by atoms with van der Waals surface area (Å²) in [6.07, 6.45) is 0. The van der Waals surface area contributed by atoms with E-state index >= 15 is 0 Å². The van der Waals surface area contributed by atoms with Gasteiger partial charge in [-0.2, -0.15) is 0 Å². The Bertz CT molecular complexity index is 365. The number of anilines is 1. The fourth-order valence-electron chi connectivity index (χ4n) is 1.37. The molecule has 1 aromatic carbocycles. The third-order valence-electron chi connectivity index (χ3n) is 2.14. The van der Waals surface area contributed by atoms with Crippen molar-refractivity contribution in [1.82, 2.24) is 0 Å². The highest BCUT2D eigenvalue weighted by Gasteiger charge is 2.03. The van der Waals surface area contributed by atoms with Crippen LogP contribution in [0.3, 0.4) is 0 Å². The van der Waals surface area contributed by atoms with E-state index in [2.05, 4.69) is 5.32 Å². The predicted octanol–water partition coefficient (Wildman–Crippen LogP) is 4.03. The second kappa shape index (κ2) is 13.7. The lowest BCUT2D eigenvalue weighted by Gasteiger charge is -2.09. The number of nitrogens with one attached hydrogen (secondary N) is 1. The monoisotopic (exact) mass is 283 g/mol. The number of ether oxygens (including phenoxy) is 2. The zero-order valence-corrected chi connectivity index (χ0v) is 13.9. The van der Waals surface area contributed by atoms with E-state index in [0.29, 0.717) is 6.61 Å². The molecule has 0 aromatic heterocycles. The molecule has 0 bridgehead atoms. The smallest absolute Gasteiger partial charge is 0.325 e. The molecule has 0 aliphatic rings. The van der Waals surface area contributed by atoms with Gasteiger partial charge in [0, 0.05) is 5.69 Å². The number of carbonyl (C=O) groups excluding carboxylic acids is 1. The summed E-state index contributed by atoms with van der Waals surface area (Å²) in [4.78, 5) is 11.1. The van der Waals surface area contributed by atoms with Gasteiger partial charge in [0.15, 0.2) is 0 Å². The Labute approximate surface area is 123 Å². The second-order valence-electron chi connectivity index (χ2n) is 3.34. The van der Waals surface area contributed by atoms with E-state index in [0.717, 1.165) is 17.0 Å². The maximum Gasteiger partial charge on any atom is 0.325 e. The van der Waals surface area contributed by atoms with Crippen LogP contribution in [-0.2, 0) is 9.53 Å². The molecule has 116 valence electrons. The Morgan fingerprint density at radius 3 is 2.25 bits per heavy atom. The minimum Gasteiger partial charge on any atom is -0.496 e. The Hall–Kier alpha value is -1.71. The first-order chi connectivity index (χ1) is 9.67. The minimum atomic E-state index is -0.254. The summed E-state index contributed by atoms with van der Waals surface area (Å²) < 4.78 is 9.96. The number of methoxy groups -OCH3 is 1. The van der Waals surface area contributed by atoms with Crippen molar-refractivity contribution in [3.8, 4) is 5.75 Å². The van der Waals surface area contributed by atoms with Crippen LogP contribution in [0.25, 0.3) is 0 Å². The predicted molar refractivity (Wildman–Crippen MR) is 85.5 cm³/mol. The summed E-state index contributed by atoms with van der Waals surface area (Å²) in [6, 6.07) is 5.66. The van der Waals surface area contributed by atoms with Gasteiger partial charge in [-0.3, -0.25) is 4.79 Å². The fourth-order valence-corrected chi connectivity index (χ4v) is 1.37. The Kier molecular flexibility index (Phi) is 14.1. The highest BCUT2D eigenvalue weighted by Crippen LogP contribution is 2.21. The summed E-state index contributed by atoms with van der Waals surface area (Å²) in [5.74, 6) is 0.581. The lowest BCUT2D eigenvalue weighted by Crippen LogP contribution is -2.16. The molecule has 0 amide bonds. The van der Waals surface area contributed by atoms with E-state index in [1.54, 1.807) is 14.0 Å². The van der Waals surface area contributed by atoms with Crippen molar-refractivity contribution in [3.05, 3.63) is 23.8 Å². The second-order valence-corrected chi connectivity index (χ2v) is 3.34. The Morgan fingerprint density at radius 2 is 1.80 bits per heavy atom. The Morgan fingerprint density at radius 1 is 1.20 bits per heavy atom. The lowest BCUT2D eigenvalue weighted by molar-refractivity contribution is -0.140. The third-order valence-corrected chi connectivity index (χ3v) is 2.14. The fraction of sp³-hybridized carbons (Fsp3) is 0.562. The van der Waals surface area contributed by atoms with Crippen molar-refractivity contribution in [3.63, 3.8) is 0 Å². The SMILES string of the molecule is CC.CC.CCOC(=O)CNc1ccc(OC)c(C)c1. The molecule has 0 saturated carbocycles. The van der Waals surface area contributed by atoms with Crippen LogP contribution in [-0.4, -0.2) is 26.2 Å². The molecule has 1 rings (SSSR count). The number of hydrogen-bond donors (Lipinski definition) is 1. The van der Waals surface area contributed by atoms with Gasteiger partial charge in [-0.25, -0.2) is 0 Å². The van der Waals surface area contributed by atoms with Crippen LogP contribution < -0.4 is 10.1 Å². The first kappa shape index (κ1) is 20.6. The minimum absolute atomic E-state index is 0.180. The molecule has 0 aliphatic carbocycles. The molecule has 0 aliphatic heterocycles. The van der Waals surface area contributed by atoms with E-state index < -0.39 is 0 Å². The zero-order valence-electron chi connectivity index (χ0n) is 13.9. The van der Waals surface area contributed by atoms with Crippen molar-refractivity contribution in [2.45, 2.75) is 41.5 Å². The van der Waals surface area contributed by atoms with Crippen LogP contribution >= 0.6 is 0 Å². The van der Waals surface area contributed by atoms with Gasteiger partial charge in [-0.15, -0.1) is 0 Å². The van der Waals surface area contributed by atoms with Gasteiger partial charge in [0.2, 0.25) is 0 Å². The molecule has 4 heteroatoms. The molecule has 0 fully saturated rings. The van der Waals surface area contributed by atoms with Gasteiger partial charge in [-0.1, -0.05) is 27.7 Å². The first-order valence-electron chi connectivity index (χ1n) is 7.21. The van der Waals surface area contributed by atoms with Gasteiger partial charge in [0.1, 0.15) is 12.3 Å². The average Bonchev–Trinajstić information content (AvgIpc) is 2.50. The van der Waals surface area contributed by atoms with Gasteiger partial charge < -0.3 is 14.8 Å². The van der Waals surface area contributed by atoms with E-state index in [1.807, 2.05) is 52.8 Å². The molecule has 1 N–H and O–H groups in total. The number of carbonyl (C=O) groups is 1. The van der Waals surface area contributed by atoms with Gasteiger partial charge in [0.05, 0.1) is 13.7 Å². The van der Waals surface area contributed by atoms with E-state index in [4.69, 9.17) is 9.47 Å². The van der Waals surface area contributed by atoms with Crippen molar-refractivity contribution in [2.24, 2.45) is 0 Å². The van der Waals surface area contributed by atoms with Crippen molar-refractivity contribution in [2.75, 3.05) is 25.6 Å². The van der Waals surface area contributed by atoms with Gasteiger partial charge in [0.25, 0.3) is 0 Å². The van der Waals surface area contributed by atoms with Crippen LogP contribution in [0.5, 0.6) is 5.75 Å². The molecule has 0 saturated heterocycles. The van der Waals surface area contributed by atoms with Crippen LogP contribution in [0, 0.1) is 6.92 Å². The number of rotatable bonds is 5. The van der Waals surface area contributed by atoms with Crippen LogP contribution in [0.2, 0.25) is 0 Å². The number of aryl methyl sites for hydroxylation is 1. The molecular weight excluding hydrogens is 254 g/mol. The van der Waals surface area contributed by atoms with Crippen LogP contribution in [0.4, 0.5) is 5.69 Å². The third kappa shape index (κ3) is 8.40. The molecule has 0 unspecified atom stereocenters. The largest absolute Gasteiger partial charge is 0.496 e. The molecule has 0 radical (unpaired) electrons. The molecular formula is C16H29NO3. The number of benzene rings is 1. The van der Waals surface area contributed by atoms with E-state index in [-0.39, 0.29) is 12.5 Å². The van der Waals surface area contributed by atoms with E-state index in [9.17, 15) is 4.79 Å². The Balaban J connectivity index is 0. The number of hydrogen-bond acceptors (Lipinski definition) is 4. The first-order valence-corrected chi connectivity index (χ1v) is 7.21. The molecule has 20 heavy (non-hydrogen) atoms.